The van der Waals surface area contributed by atoms with Gasteiger partial charge in [-0.25, -0.2) is 0 Å². The van der Waals surface area contributed by atoms with Gasteiger partial charge in [-0.1, -0.05) is 0 Å². The largest absolute Gasteiger partial charge is 0.350 e. The van der Waals surface area contributed by atoms with Crippen molar-refractivity contribution in [2.24, 2.45) is 0 Å². The van der Waals surface area contributed by atoms with Gasteiger partial charge in [0, 0.05) is 30.3 Å². The Bertz CT molecular complexity index is 496. The zero-order valence-electron chi connectivity index (χ0n) is 10.8. The minimum absolute atomic E-state index is 0.0517. The molecule has 0 bridgehead atoms. The number of nitro groups is 1. The van der Waals surface area contributed by atoms with Gasteiger partial charge in [0.05, 0.1) is 4.92 Å². The summed E-state index contributed by atoms with van der Waals surface area (Å²) in [6, 6.07) is 4.73. The van der Waals surface area contributed by atoms with Gasteiger partial charge >= 0.3 is 0 Å². The molecule has 0 spiro atoms. The van der Waals surface area contributed by atoms with Gasteiger partial charge in [0.25, 0.3) is 11.6 Å². The number of hydrogen-bond acceptors (Lipinski definition) is 4. The van der Waals surface area contributed by atoms with Gasteiger partial charge in [-0.05, 0) is 37.9 Å². The van der Waals surface area contributed by atoms with Crippen molar-refractivity contribution in [3.8, 4) is 0 Å². The van der Waals surface area contributed by atoms with Crippen LogP contribution >= 0.6 is 0 Å². The second kappa shape index (κ2) is 5.79. The maximum Gasteiger partial charge on any atom is 0.270 e. The van der Waals surface area contributed by atoms with Crippen molar-refractivity contribution < 1.29 is 9.72 Å². The molecule has 1 atom stereocenters. The molecule has 1 fully saturated rings. The molecular formula is C13H17N3O3. The number of rotatable bonds is 4. The average molecular weight is 263 g/mol. The van der Waals surface area contributed by atoms with Gasteiger partial charge in [-0.3, -0.25) is 14.9 Å². The third kappa shape index (κ3) is 3.51. The highest BCUT2D eigenvalue weighted by Crippen LogP contribution is 2.16. The second-order valence-corrected chi connectivity index (χ2v) is 4.82. The number of hydrogen-bond donors (Lipinski definition) is 2. The van der Waals surface area contributed by atoms with Crippen LogP contribution in [-0.4, -0.2) is 30.0 Å². The summed E-state index contributed by atoms with van der Waals surface area (Å²) in [7, 11) is 0. The number of carbonyl (C=O) groups excluding carboxylic acids is 1. The third-order valence-corrected chi connectivity index (χ3v) is 3.21. The second-order valence-electron chi connectivity index (χ2n) is 4.82. The van der Waals surface area contributed by atoms with Crippen molar-refractivity contribution in [1.82, 2.24) is 10.6 Å². The van der Waals surface area contributed by atoms with E-state index in [1.807, 2.05) is 0 Å². The molecule has 0 saturated carbocycles. The number of non-ortho nitro benzene ring substituents is 1. The van der Waals surface area contributed by atoms with Crippen LogP contribution in [0.1, 0.15) is 28.8 Å². The van der Waals surface area contributed by atoms with Crippen LogP contribution in [0.2, 0.25) is 0 Å². The summed E-state index contributed by atoms with van der Waals surface area (Å²) in [5, 5.41) is 16.9. The average Bonchev–Trinajstić information content (AvgIpc) is 2.88. The van der Waals surface area contributed by atoms with E-state index in [-0.39, 0.29) is 11.6 Å². The number of nitrogens with zero attached hydrogens (tertiary/aromatic N) is 1. The molecule has 1 aliphatic heterocycles. The van der Waals surface area contributed by atoms with E-state index in [1.54, 1.807) is 13.0 Å². The zero-order valence-corrected chi connectivity index (χ0v) is 10.8. The summed E-state index contributed by atoms with van der Waals surface area (Å²) in [5.41, 5.74) is 0.993. The molecule has 6 heteroatoms. The highest BCUT2D eigenvalue weighted by molar-refractivity contribution is 5.95. The van der Waals surface area contributed by atoms with Crippen LogP contribution in [0.3, 0.4) is 0 Å². The summed E-state index contributed by atoms with van der Waals surface area (Å²) in [5.74, 6) is -0.263. The normalized spacial score (nSPS) is 18.3. The Kier molecular flexibility index (Phi) is 4.11. The molecule has 6 nitrogen and oxygen atoms in total. The van der Waals surface area contributed by atoms with E-state index >= 15 is 0 Å². The van der Waals surface area contributed by atoms with E-state index in [0.29, 0.717) is 23.7 Å². The van der Waals surface area contributed by atoms with Crippen molar-refractivity contribution >= 4 is 11.6 Å². The molecule has 0 aromatic heterocycles. The van der Waals surface area contributed by atoms with Gasteiger partial charge in [0.15, 0.2) is 0 Å². The van der Waals surface area contributed by atoms with Crippen LogP contribution in [0.15, 0.2) is 18.2 Å². The first-order valence-electron chi connectivity index (χ1n) is 6.34. The highest BCUT2D eigenvalue weighted by Gasteiger charge is 2.17. The number of benzene rings is 1. The lowest BCUT2D eigenvalue weighted by atomic mass is 10.1. The molecule has 1 heterocycles. The Morgan fingerprint density at radius 3 is 2.95 bits per heavy atom. The summed E-state index contributed by atoms with van der Waals surface area (Å²) < 4.78 is 0. The van der Waals surface area contributed by atoms with Crippen molar-refractivity contribution in [2.75, 3.05) is 13.1 Å². The molecule has 2 rings (SSSR count). The summed E-state index contributed by atoms with van der Waals surface area (Å²) in [4.78, 5) is 22.2. The lowest BCUT2D eigenvalue weighted by molar-refractivity contribution is -0.384. The Morgan fingerprint density at radius 2 is 2.32 bits per heavy atom. The molecule has 1 aromatic carbocycles. The van der Waals surface area contributed by atoms with Crippen LogP contribution in [0, 0.1) is 17.0 Å². The fourth-order valence-electron chi connectivity index (χ4n) is 2.25. The molecule has 1 aromatic rings. The molecule has 19 heavy (non-hydrogen) atoms. The maximum absolute atomic E-state index is 12.0. The first-order valence-corrected chi connectivity index (χ1v) is 6.34. The topological polar surface area (TPSA) is 84.3 Å². The monoisotopic (exact) mass is 263 g/mol. The van der Waals surface area contributed by atoms with Crippen LogP contribution in [0.25, 0.3) is 0 Å². The van der Waals surface area contributed by atoms with Crippen molar-refractivity contribution in [3.63, 3.8) is 0 Å². The lowest BCUT2D eigenvalue weighted by Crippen LogP contribution is -2.37. The summed E-state index contributed by atoms with van der Waals surface area (Å²) in [6.45, 7) is 3.28. The van der Waals surface area contributed by atoms with E-state index in [1.165, 1.54) is 12.1 Å². The van der Waals surface area contributed by atoms with Gasteiger partial charge in [0.2, 0.25) is 0 Å². The Hall–Kier alpha value is -1.95. The molecule has 0 aliphatic carbocycles. The van der Waals surface area contributed by atoms with E-state index in [9.17, 15) is 14.9 Å². The quantitative estimate of drug-likeness (QED) is 0.635. The first-order chi connectivity index (χ1) is 9.06. The molecular weight excluding hydrogens is 246 g/mol. The molecule has 1 amide bonds. The molecule has 102 valence electrons. The van der Waals surface area contributed by atoms with Gasteiger partial charge < -0.3 is 10.6 Å². The number of amides is 1. The maximum atomic E-state index is 12.0. The molecule has 1 saturated heterocycles. The Morgan fingerprint density at radius 1 is 1.53 bits per heavy atom. The Balaban J connectivity index is 2.03. The van der Waals surface area contributed by atoms with Crippen molar-refractivity contribution in [2.45, 2.75) is 25.8 Å². The standard InChI is InChI=1S/C13H17N3O3/c1-9-5-10(7-12(6-9)16(18)19)13(17)15-8-11-3-2-4-14-11/h5-7,11,14H,2-4,8H2,1H3,(H,15,17). The summed E-state index contributed by atoms with van der Waals surface area (Å²) in [6.07, 6.45) is 2.17. The number of nitrogens with one attached hydrogen (secondary N) is 2. The first kappa shape index (κ1) is 13.5. The number of nitro benzene ring substituents is 1. The van der Waals surface area contributed by atoms with E-state index < -0.39 is 4.92 Å². The van der Waals surface area contributed by atoms with E-state index in [4.69, 9.17) is 0 Å². The SMILES string of the molecule is Cc1cc(C(=O)NCC2CCCN2)cc([N+](=O)[O-])c1. The lowest BCUT2D eigenvalue weighted by Gasteiger charge is -2.11. The minimum atomic E-state index is -0.484. The predicted octanol–water partition coefficient (Wildman–Crippen LogP) is 1.39. The smallest absolute Gasteiger partial charge is 0.270 e. The highest BCUT2D eigenvalue weighted by atomic mass is 16.6. The number of aryl methyl sites for hydroxylation is 1. The fraction of sp³-hybridized carbons (Fsp3) is 0.462. The Labute approximate surface area is 111 Å². The number of carbonyl (C=O) groups is 1. The van der Waals surface area contributed by atoms with Crippen LogP contribution in [-0.2, 0) is 0 Å². The van der Waals surface area contributed by atoms with E-state index in [0.717, 1.165) is 19.4 Å². The van der Waals surface area contributed by atoms with Gasteiger partial charge in [-0.2, -0.15) is 0 Å². The molecule has 0 radical (unpaired) electrons. The summed E-state index contributed by atoms with van der Waals surface area (Å²) >= 11 is 0. The van der Waals surface area contributed by atoms with Crippen molar-refractivity contribution in [1.29, 1.82) is 0 Å². The predicted molar refractivity (Wildman–Crippen MR) is 71.2 cm³/mol. The van der Waals surface area contributed by atoms with Crippen molar-refractivity contribution in [3.05, 3.63) is 39.4 Å². The van der Waals surface area contributed by atoms with Crippen LogP contribution in [0.5, 0.6) is 0 Å². The third-order valence-electron chi connectivity index (χ3n) is 3.21. The van der Waals surface area contributed by atoms with E-state index in [2.05, 4.69) is 10.6 Å². The zero-order chi connectivity index (χ0) is 13.8. The van der Waals surface area contributed by atoms with Crippen LogP contribution in [0.4, 0.5) is 5.69 Å². The molecule has 1 aliphatic rings. The minimum Gasteiger partial charge on any atom is -0.350 e. The van der Waals surface area contributed by atoms with Crippen LogP contribution < -0.4 is 10.6 Å². The molecule has 2 N–H and O–H groups in total. The molecule has 1 unspecified atom stereocenters. The fourth-order valence-corrected chi connectivity index (χ4v) is 2.25. The van der Waals surface area contributed by atoms with Gasteiger partial charge in [-0.15, -0.1) is 0 Å². The van der Waals surface area contributed by atoms with Gasteiger partial charge in [0.1, 0.15) is 0 Å².